The van der Waals surface area contributed by atoms with Crippen LogP contribution in [0, 0.1) is 11.2 Å². The Hall–Kier alpha value is -1.50. The third-order valence-electron chi connectivity index (χ3n) is 2.79. The molecule has 0 spiro atoms. The molecule has 1 aromatic rings. The highest BCUT2D eigenvalue weighted by Gasteiger charge is 2.13. The smallest absolute Gasteiger partial charge is 0.138 e. The van der Waals surface area contributed by atoms with E-state index in [0.717, 1.165) is 0 Å². The van der Waals surface area contributed by atoms with Crippen LogP contribution in [0.2, 0.25) is 0 Å². The van der Waals surface area contributed by atoms with Crippen LogP contribution in [-0.4, -0.2) is 49.3 Å². The molecular formula is C13H20FN3O2. The molecule has 5 nitrogen and oxygen atoms in total. The molecule has 0 saturated heterocycles. The molecule has 0 amide bonds. The number of amidine groups is 1. The number of nitrogens with zero attached hydrogens (tertiary/aromatic N) is 1. The van der Waals surface area contributed by atoms with E-state index in [-0.39, 0.29) is 18.0 Å². The van der Waals surface area contributed by atoms with E-state index >= 15 is 0 Å². The predicted octanol–water partition coefficient (Wildman–Crippen LogP) is 0.550. The van der Waals surface area contributed by atoms with Crippen molar-refractivity contribution in [3.8, 4) is 0 Å². The zero-order chi connectivity index (χ0) is 14.3. The number of halogens is 1. The molecule has 0 unspecified atom stereocenters. The maximum absolute atomic E-state index is 14.1. The second-order valence-electron chi connectivity index (χ2n) is 4.18. The van der Waals surface area contributed by atoms with Gasteiger partial charge in [-0.25, -0.2) is 4.39 Å². The molecule has 0 bridgehead atoms. The molecule has 4 N–H and O–H groups in total. The molecule has 0 heterocycles. The molecule has 0 radical (unpaired) electrons. The second kappa shape index (κ2) is 7.83. The first-order chi connectivity index (χ1) is 9.10. The Bertz CT molecular complexity index is 426. The number of nitrogen functional groups attached to an aromatic ring is 1. The number of hydrogen-bond donors (Lipinski definition) is 3. The molecule has 19 heavy (non-hydrogen) atoms. The summed E-state index contributed by atoms with van der Waals surface area (Å²) in [5, 5.41) is 16.3. The van der Waals surface area contributed by atoms with Gasteiger partial charge in [0.15, 0.2) is 0 Å². The van der Waals surface area contributed by atoms with Crippen molar-refractivity contribution in [1.82, 2.24) is 4.90 Å². The number of hydrogen-bond acceptors (Lipinski definition) is 4. The van der Waals surface area contributed by atoms with Crippen LogP contribution < -0.4 is 5.73 Å². The number of nitrogens with one attached hydrogen (secondary N) is 1. The lowest BCUT2D eigenvalue weighted by Gasteiger charge is -2.21. The van der Waals surface area contributed by atoms with Crippen molar-refractivity contribution in [2.24, 2.45) is 5.73 Å². The average Bonchev–Trinajstić information content (AvgIpc) is 2.38. The first-order valence-corrected chi connectivity index (χ1v) is 6.04. The zero-order valence-electron chi connectivity index (χ0n) is 11.0. The predicted molar refractivity (Wildman–Crippen MR) is 71.7 cm³/mol. The zero-order valence-corrected chi connectivity index (χ0v) is 11.0. The number of rotatable bonds is 8. The number of aliphatic hydroxyl groups excluding tert-OH is 1. The van der Waals surface area contributed by atoms with Crippen molar-refractivity contribution in [3.05, 3.63) is 35.1 Å². The molecule has 0 aliphatic heterocycles. The lowest BCUT2D eigenvalue weighted by atomic mass is 10.1. The maximum Gasteiger partial charge on any atom is 0.138 e. The first kappa shape index (κ1) is 15.6. The van der Waals surface area contributed by atoms with E-state index in [2.05, 4.69) is 0 Å². The van der Waals surface area contributed by atoms with E-state index < -0.39 is 5.82 Å². The molecule has 0 aliphatic carbocycles. The van der Waals surface area contributed by atoms with E-state index in [1.807, 2.05) is 4.90 Å². The minimum Gasteiger partial charge on any atom is -0.395 e. The van der Waals surface area contributed by atoms with Crippen LogP contribution in [-0.2, 0) is 11.3 Å². The standard InChI is InChI=1S/C13H20FN3O2/c1-19-8-6-17(5-7-18)9-10-3-2-4-11(12(10)14)13(15)16/h2-4,18H,5-9H2,1H3,(H3,15,16). The summed E-state index contributed by atoms with van der Waals surface area (Å²) in [4.78, 5) is 1.88. The van der Waals surface area contributed by atoms with Crippen molar-refractivity contribution in [1.29, 1.82) is 5.41 Å². The highest BCUT2D eigenvalue weighted by molar-refractivity contribution is 5.95. The Morgan fingerprint density at radius 3 is 2.79 bits per heavy atom. The van der Waals surface area contributed by atoms with Gasteiger partial charge in [-0.3, -0.25) is 10.3 Å². The van der Waals surface area contributed by atoms with Gasteiger partial charge in [-0.2, -0.15) is 0 Å². The fourth-order valence-electron chi connectivity index (χ4n) is 1.78. The summed E-state index contributed by atoms with van der Waals surface area (Å²) in [5.41, 5.74) is 5.88. The van der Waals surface area contributed by atoms with Gasteiger partial charge >= 0.3 is 0 Å². The highest BCUT2D eigenvalue weighted by Crippen LogP contribution is 2.14. The van der Waals surface area contributed by atoms with Crippen molar-refractivity contribution in [3.63, 3.8) is 0 Å². The van der Waals surface area contributed by atoms with Gasteiger partial charge in [-0.1, -0.05) is 12.1 Å². The molecule has 0 aliphatic rings. The van der Waals surface area contributed by atoms with Crippen LogP contribution in [0.5, 0.6) is 0 Å². The summed E-state index contributed by atoms with van der Waals surface area (Å²) in [7, 11) is 1.59. The monoisotopic (exact) mass is 269 g/mol. The minimum absolute atomic E-state index is 0.00225. The molecule has 106 valence electrons. The van der Waals surface area contributed by atoms with Crippen LogP contribution in [0.3, 0.4) is 0 Å². The maximum atomic E-state index is 14.1. The fraction of sp³-hybridized carbons (Fsp3) is 0.462. The Kier molecular flexibility index (Phi) is 6.41. The quantitative estimate of drug-likeness (QED) is 0.475. The van der Waals surface area contributed by atoms with E-state index in [0.29, 0.717) is 31.8 Å². The van der Waals surface area contributed by atoms with E-state index in [1.54, 1.807) is 19.2 Å². The van der Waals surface area contributed by atoms with Crippen LogP contribution in [0.1, 0.15) is 11.1 Å². The molecule has 0 atom stereocenters. The molecule has 6 heteroatoms. The summed E-state index contributed by atoms with van der Waals surface area (Å²) in [6.07, 6.45) is 0. The Labute approximate surface area is 112 Å². The van der Waals surface area contributed by atoms with Gasteiger partial charge in [0.1, 0.15) is 11.7 Å². The van der Waals surface area contributed by atoms with Crippen molar-refractivity contribution >= 4 is 5.84 Å². The van der Waals surface area contributed by atoms with Gasteiger partial charge in [0, 0.05) is 32.3 Å². The fourth-order valence-corrected chi connectivity index (χ4v) is 1.78. The Morgan fingerprint density at radius 2 is 2.21 bits per heavy atom. The van der Waals surface area contributed by atoms with Gasteiger partial charge in [-0.15, -0.1) is 0 Å². The third kappa shape index (κ3) is 4.59. The SMILES string of the molecule is COCCN(CCO)Cc1cccc(C(=N)N)c1F. The molecule has 0 aromatic heterocycles. The minimum atomic E-state index is -0.477. The second-order valence-corrected chi connectivity index (χ2v) is 4.18. The number of ether oxygens (including phenoxy) is 1. The summed E-state index contributed by atoms with van der Waals surface area (Å²) < 4.78 is 19.1. The molecule has 1 rings (SSSR count). The lowest BCUT2D eigenvalue weighted by Crippen LogP contribution is -2.30. The summed E-state index contributed by atoms with van der Waals surface area (Å²) >= 11 is 0. The van der Waals surface area contributed by atoms with Crippen LogP contribution in [0.15, 0.2) is 18.2 Å². The number of aliphatic hydroxyl groups is 1. The van der Waals surface area contributed by atoms with Crippen LogP contribution in [0.4, 0.5) is 4.39 Å². The molecule has 0 saturated carbocycles. The van der Waals surface area contributed by atoms with Gasteiger partial charge < -0.3 is 15.6 Å². The summed E-state index contributed by atoms with van der Waals surface area (Å²) in [5.74, 6) is -0.764. The molecular weight excluding hydrogens is 249 g/mol. The summed E-state index contributed by atoms with van der Waals surface area (Å²) in [6.45, 7) is 1.89. The van der Waals surface area contributed by atoms with Crippen molar-refractivity contribution in [2.75, 3.05) is 33.4 Å². The third-order valence-corrected chi connectivity index (χ3v) is 2.79. The molecule has 1 aromatic carbocycles. The largest absolute Gasteiger partial charge is 0.395 e. The van der Waals surface area contributed by atoms with E-state index in [9.17, 15) is 4.39 Å². The number of methoxy groups -OCH3 is 1. The average molecular weight is 269 g/mol. The van der Waals surface area contributed by atoms with Gasteiger partial charge in [-0.05, 0) is 6.07 Å². The Balaban J connectivity index is 2.83. The van der Waals surface area contributed by atoms with Gasteiger partial charge in [0.05, 0.1) is 18.8 Å². The Morgan fingerprint density at radius 1 is 1.47 bits per heavy atom. The van der Waals surface area contributed by atoms with E-state index in [4.69, 9.17) is 21.0 Å². The first-order valence-electron chi connectivity index (χ1n) is 6.04. The molecule has 0 fully saturated rings. The number of benzene rings is 1. The number of nitrogens with two attached hydrogens (primary N) is 1. The van der Waals surface area contributed by atoms with Crippen molar-refractivity contribution < 1.29 is 14.2 Å². The normalized spacial score (nSPS) is 10.9. The van der Waals surface area contributed by atoms with Crippen molar-refractivity contribution in [2.45, 2.75) is 6.54 Å². The highest BCUT2D eigenvalue weighted by atomic mass is 19.1. The van der Waals surface area contributed by atoms with Crippen LogP contribution >= 0.6 is 0 Å². The topological polar surface area (TPSA) is 82.6 Å². The lowest BCUT2D eigenvalue weighted by molar-refractivity contribution is 0.126. The van der Waals surface area contributed by atoms with Crippen LogP contribution in [0.25, 0.3) is 0 Å². The van der Waals surface area contributed by atoms with Gasteiger partial charge in [0.25, 0.3) is 0 Å². The van der Waals surface area contributed by atoms with Gasteiger partial charge in [0.2, 0.25) is 0 Å². The van der Waals surface area contributed by atoms with E-state index in [1.165, 1.54) is 6.07 Å². The summed E-state index contributed by atoms with van der Waals surface area (Å²) in [6, 6.07) is 4.80.